The molecule has 2 N–H and O–H groups in total. The number of carbonyl (C=O) groups excluding carboxylic acids is 2. The minimum atomic E-state index is -0.398. The second-order valence-electron chi connectivity index (χ2n) is 4.75. The molecule has 1 heterocycles. The highest BCUT2D eigenvalue weighted by Gasteiger charge is 2.34. The summed E-state index contributed by atoms with van der Waals surface area (Å²) in [6.07, 6.45) is 0. The summed E-state index contributed by atoms with van der Waals surface area (Å²) in [5, 5.41) is 0. The molecule has 0 aromatic heterocycles. The number of hydrogen-bond acceptors (Lipinski definition) is 4. The fourth-order valence-electron chi connectivity index (χ4n) is 2.13. The molecule has 6 nitrogen and oxygen atoms in total. The first-order valence-electron chi connectivity index (χ1n) is 6.56. The first kappa shape index (κ1) is 14.3. The number of ether oxygens (including phenoxy) is 1. The lowest BCUT2D eigenvalue weighted by atomic mass is 10.1. The van der Waals surface area contributed by atoms with Crippen LogP contribution in [-0.4, -0.2) is 48.5 Å². The molecule has 1 aliphatic rings. The molecule has 1 fully saturated rings. The molecular formula is C14H19N3O3. The summed E-state index contributed by atoms with van der Waals surface area (Å²) in [5.74, 6) is 0.565. The molecule has 20 heavy (non-hydrogen) atoms. The van der Waals surface area contributed by atoms with E-state index < -0.39 is 6.04 Å². The number of rotatable bonds is 5. The Kier molecular flexibility index (Phi) is 4.24. The van der Waals surface area contributed by atoms with Crippen molar-refractivity contribution in [2.45, 2.75) is 13.0 Å². The van der Waals surface area contributed by atoms with Gasteiger partial charge in [0.15, 0.2) is 0 Å². The third-order valence-corrected chi connectivity index (χ3v) is 3.23. The second-order valence-corrected chi connectivity index (χ2v) is 4.75. The molecule has 1 aromatic rings. The van der Waals surface area contributed by atoms with Gasteiger partial charge in [-0.05, 0) is 24.6 Å². The molecule has 1 aliphatic heterocycles. The van der Waals surface area contributed by atoms with Crippen LogP contribution in [-0.2, 0) is 4.79 Å². The van der Waals surface area contributed by atoms with Crippen molar-refractivity contribution in [1.29, 1.82) is 0 Å². The summed E-state index contributed by atoms with van der Waals surface area (Å²) in [5.41, 5.74) is 6.93. The fourth-order valence-corrected chi connectivity index (χ4v) is 2.13. The van der Waals surface area contributed by atoms with Gasteiger partial charge in [-0.2, -0.15) is 0 Å². The van der Waals surface area contributed by atoms with E-state index in [1.54, 1.807) is 7.05 Å². The van der Waals surface area contributed by atoms with Gasteiger partial charge in [0.05, 0.1) is 6.61 Å². The lowest BCUT2D eigenvalue weighted by Crippen LogP contribution is -2.37. The van der Waals surface area contributed by atoms with Crippen LogP contribution in [0.2, 0.25) is 0 Å². The Morgan fingerprint density at radius 3 is 2.45 bits per heavy atom. The molecule has 1 aromatic carbocycles. The summed E-state index contributed by atoms with van der Waals surface area (Å²) in [6, 6.07) is 6.67. The largest absolute Gasteiger partial charge is 0.494 e. The minimum absolute atomic E-state index is 0.120. The van der Waals surface area contributed by atoms with Crippen molar-refractivity contribution in [1.82, 2.24) is 9.80 Å². The Bertz CT molecular complexity index is 501. The third-order valence-electron chi connectivity index (χ3n) is 3.23. The van der Waals surface area contributed by atoms with E-state index >= 15 is 0 Å². The van der Waals surface area contributed by atoms with Gasteiger partial charge in [0.2, 0.25) is 5.91 Å². The molecule has 0 aliphatic carbocycles. The van der Waals surface area contributed by atoms with Gasteiger partial charge in [0, 0.05) is 19.6 Å². The highest BCUT2D eigenvalue weighted by Crippen LogP contribution is 2.19. The average molecular weight is 277 g/mol. The quantitative estimate of drug-likeness (QED) is 0.814. The van der Waals surface area contributed by atoms with Crippen LogP contribution in [0, 0.1) is 0 Å². The molecule has 6 heteroatoms. The van der Waals surface area contributed by atoms with Crippen LogP contribution in [0.5, 0.6) is 5.75 Å². The van der Waals surface area contributed by atoms with Crippen molar-refractivity contribution in [2.24, 2.45) is 5.73 Å². The number of benzene rings is 1. The van der Waals surface area contributed by atoms with E-state index in [4.69, 9.17) is 10.5 Å². The van der Waals surface area contributed by atoms with E-state index in [0.717, 1.165) is 11.3 Å². The summed E-state index contributed by atoms with van der Waals surface area (Å²) >= 11 is 0. The molecule has 1 unspecified atom stereocenters. The lowest BCUT2D eigenvalue weighted by Gasteiger charge is -2.19. The number of likely N-dealkylation sites (N-methyl/N-ethyl adjacent to an activating group) is 1. The van der Waals surface area contributed by atoms with Crippen LogP contribution in [0.3, 0.4) is 0 Å². The number of nitrogens with two attached hydrogens (primary N) is 1. The zero-order valence-corrected chi connectivity index (χ0v) is 11.7. The van der Waals surface area contributed by atoms with Gasteiger partial charge in [-0.15, -0.1) is 0 Å². The summed E-state index contributed by atoms with van der Waals surface area (Å²) in [7, 11) is 1.60. The predicted molar refractivity (Wildman–Crippen MR) is 74.3 cm³/mol. The van der Waals surface area contributed by atoms with E-state index in [0.29, 0.717) is 6.61 Å². The Morgan fingerprint density at radius 2 is 1.95 bits per heavy atom. The Hall–Kier alpha value is -2.08. The fraction of sp³-hybridized carbons (Fsp3) is 0.429. The molecule has 3 amide bonds. The summed E-state index contributed by atoms with van der Waals surface area (Å²) in [6.45, 7) is 2.83. The molecule has 0 bridgehead atoms. The van der Waals surface area contributed by atoms with Gasteiger partial charge in [0.1, 0.15) is 12.3 Å². The van der Waals surface area contributed by atoms with Crippen molar-refractivity contribution >= 4 is 11.9 Å². The normalized spacial score (nSPS) is 16.8. The predicted octanol–water partition coefficient (Wildman–Crippen LogP) is 0.979. The van der Waals surface area contributed by atoms with Crippen LogP contribution in [0.15, 0.2) is 24.3 Å². The van der Waals surface area contributed by atoms with E-state index in [9.17, 15) is 9.59 Å². The zero-order valence-electron chi connectivity index (χ0n) is 11.7. The van der Waals surface area contributed by atoms with Crippen molar-refractivity contribution in [3.05, 3.63) is 29.8 Å². The van der Waals surface area contributed by atoms with Gasteiger partial charge in [-0.1, -0.05) is 12.1 Å². The molecule has 1 atom stereocenters. The maximum Gasteiger partial charge on any atom is 0.327 e. The van der Waals surface area contributed by atoms with Crippen LogP contribution >= 0.6 is 0 Å². The van der Waals surface area contributed by atoms with Crippen molar-refractivity contribution in [3.8, 4) is 5.75 Å². The van der Waals surface area contributed by atoms with Crippen LogP contribution in [0.4, 0.5) is 4.79 Å². The second kappa shape index (κ2) is 5.92. The van der Waals surface area contributed by atoms with Gasteiger partial charge in [-0.25, -0.2) is 4.79 Å². The first-order chi connectivity index (χ1) is 9.52. The molecule has 108 valence electrons. The van der Waals surface area contributed by atoms with Gasteiger partial charge in [0.25, 0.3) is 0 Å². The number of amides is 3. The molecular weight excluding hydrogens is 258 g/mol. The molecule has 1 saturated heterocycles. The monoisotopic (exact) mass is 277 g/mol. The number of nitrogens with zero attached hydrogens (tertiary/aromatic N) is 2. The molecule has 0 spiro atoms. The standard InChI is InChI=1S/C14H19N3O3/c1-3-20-11-6-4-10(5-7-11)12(15)8-17-13(18)9-16(2)14(17)19/h4-7,12H,3,8-9,15H2,1-2H3. The third kappa shape index (κ3) is 2.91. The highest BCUT2D eigenvalue weighted by molar-refractivity contribution is 6.01. The highest BCUT2D eigenvalue weighted by atomic mass is 16.5. The van der Waals surface area contributed by atoms with Crippen LogP contribution < -0.4 is 10.5 Å². The van der Waals surface area contributed by atoms with Crippen molar-refractivity contribution in [2.75, 3.05) is 26.7 Å². The van der Waals surface area contributed by atoms with E-state index in [1.807, 2.05) is 31.2 Å². The zero-order chi connectivity index (χ0) is 14.7. The SMILES string of the molecule is CCOc1ccc(C(N)CN2C(=O)CN(C)C2=O)cc1. The number of imide groups is 1. The van der Waals surface area contributed by atoms with Gasteiger partial charge in [-0.3, -0.25) is 9.69 Å². The first-order valence-corrected chi connectivity index (χ1v) is 6.56. The van der Waals surface area contributed by atoms with Crippen LogP contribution in [0.25, 0.3) is 0 Å². The number of carbonyl (C=O) groups is 2. The summed E-state index contributed by atoms with van der Waals surface area (Å²) < 4.78 is 5.36. The van der Waals surface area contributed by atoms with Crippen molar-refractivity contribution in [3.63, 3.8) is 0 Å². The van der Waals surface area contributed by atoms with E-state index in [-0.39, 0.29) is 25.0 Å². The molecule has 0 saturated carbocycles. The average Bonchev–Trinajstić information content (AvgIpc) is 2.66. The van der Waals surface area contributed by atoms with Gasteiger partial charge < -0.3 is 15.4 Å². The van der Waals surface area contributed by atoms with Crippen molar-refractivity contribution < 1.29 is 14.3 Å². The Morgan fingerprint density at radius 1 is 1.30 bits per heavy atom. The van der Waals surface area contributed by atoms with E-state index in [1.165, 1.54) is 9.80 Å². The Balaban J connectivity index is 2.02. The lowest BCUT2D eigenvalue weighted by molar-refractivity contribution is -0.125. The smallest absolute Gasteiger partial charge is 0.327 e. The molecule has 0 radical (unpaired) electrons. The molecule has 2 rings (SSSR count). The topological polar surface area (TPSA) is 75.9 Å². The number of hydrogen-bond donors (Lipinski definition) is 1. The number of urea groups is 1. The van der Waals surface area contributed by atoms with Crippen LogP contribution in [0.1, 0.15) is 18.5 Å². The van der Waals surface area contributed by atoms with E-state index in [2.05, 4.69) is 0 Å². The Labute approximate surface area is 118 Å². The maximum absolute atomic E-state index is 11.8. The summed E-state index contributed by atoms with van der Waals surface area (Å²) in [4.78, 5) is 26.0. The minimum Gasteiger partial charge on any atom is -0.494 e. The van der Waals surface area contributed by atoms with Gasteiger partial charge >= 0.3 is 6.03 Å². The maximum atomic E-state index is 11.8.